The van der Waals surface area contributed by atoms with Crippen molar-refractivity contribution in [3.05, 3.63) is 24.3 Å². The second kappa shape index (κ2) is 6.07. The van der Waals surface area contributed by atoms with E-state index >= 15 is 0 Å². The number of rotatable bonds is 4. The molecule has 1 aliphatic heterocycles. The topological polar surface area (TPSA) is 41.1 Å². The van der Waals surface area contributed by atoms with Crippen LogP contribution >= 0.6 is 11.8 Å². The van der Waals surface area contributed by atoms with Gasteiger partial charge in [0.25, 0.3) is 0 Å². The molecule has 0 saturated carbocycles. The number of anilines is 1. The summed E-state index contributed by atoms with van der Waals surface area (Å²) in [4.78, 5) is 13.1. The molecule has 3 nitrogen and oxygen atoms in total. The van der Waals surface area contributed by atoms with Crippen LogP contribution in [0.1, 0.15) is 13.3 Å². The molecule has 1 heterocycles. The molecule has 0 spiro atoms. The smallest absolute Gasteiger partial charge is 0.228 e. The molecule has 0 aromatic heterocycles. The highest BCUT2D eigenvalue weighted by Crippen LogP contribution is 2.20. The first-order valence-corrected chi connectivity index (χ1v) is 7.02. The zero-order chi connectivity index (χ0) is 12.1. The van der Waals surface area contributed by atoms with Gasteiger partial charge in [-0.2, -0.15) is 0 Å². The molecule has 17 heavy (non-hydrogen) atoms. The summed E-state index contributed by atoms with van der Waals surface area (Å²) in [7, 11) is 0. The molecule has 1 aromatic carbocycles. The van der Waals surface area contributed by atoms with Crippen LogP contribution in [0.25, 0.3) is 0 Å². The molecule has 1 atom stereocenters. The predicted molar refractivity (Wildman–Crippen MR) is 72.4 cm³/mol. The summed E-state index contributed by atoms with van der Waals surface area (Å²) in [5.41, 5.74) is 0.891. The molecule has 1 unspecified atom stereocenters. The summed E-state index contributed by atoms with van der Waals surface area (Å²) in [5.74, 6) is 1.32. The Morgan fingerprint density at radius 3 is 2.82 bits per heavy atom. The van der Waals surface area contributed by atoms with Gasteiger partial charge in [0.2, 0.25) is 5.91 Å². The van der Waals surface area contributed by atoms with Gasteiger partial charge in [-0.15, -0.1) is 11.8 Å². The maximum Gasteiger partial charge on any atom is 0.228 e. The highest BCUT2D eigenvalue weighted by molar-refractivity contribution is 7.99. The van der Waals surface area contributed by atoms with Gasteiger partial charge in [-0.25, -0.2) is 0 Å². The van der Waals surface area contributed by atoms with Crippen LogP contribution in [0.3, 0.4) is 0 Å². The number of amides is 1. The number of thioether (sulfide) groups is 1. The molecule has 2 rings (SSSR count). The Bertz CT molecular complexity index is 372. The average Bonchev–Trinajstić information content (AvgIpc) is 2.86. The van der Waals surface area contributed by atoms with Crippen molar-refractivity contribution in [3.8, 4) is 0 Å². The van der Waals surface area contributed by atoms with Crippen LogP contribution in [0.4, 0.5) is 5.69 Å². The van der Waals surface area contributed by atoms with Crippen molar-refractivity contribution < 1.29 is 4.79 Å². The normalized spacial score (nSPS) is 19.2. The van der Waals surface area contributed by atoms with Gasteiger partial charge in [-0.05, 0) is 43.0 Å². The lowest BCUT2D eigenvalue weighted by Gasteiger charge is -2.10. The Kier molecular flexibility index (Phi) is 4.45. The van der Waals surface area contributed by atoms with Crippen LogP contribution in [0.2, 0.25) is 0 Å². The number of carbonyl (C=O) groups excluding carboxylic acids is 1. The molecule has 1 aliphatic rings. The van der Waals surface area contributed by atoms with E-state index < -0.39 is 0 Å². The van der Waals surface area contributed by atoms with Crippen molar-refractivity contribution in [2.45, 2.75) is 18.2 Å². The highest BCUT2D eigenvalue weighted by atomic mass is 32.2. The molecular weight excluding hydrogens is 232 g/mol. The average molecular weight is 250 g/mol. The zero-order valence-electron chi connectivity index (χ0n) is 10.0. The van der Waals surface area contributed by atoms with Crippen molar-refractivity contribution in [2.75, 3.05) is 24.2 Å². The van der Waals surface area contributed by atoms with E-state index in [9.17, 15) is 4.79 Å². The Labute approximate surface area is 106 Å². The van der Waals surface area contributed by atoms with Crippen molar-refractivity contribution >= 4 is 23.4 Å². The van der Waals surface area contributed by atoms with Gasteiger partial charge in [-0.1, -0.05) is 6.92 Å². The quantitative estimate of drug-likeness (QED) is 0.806. The summed E-state index contributed by atoms with van der Waals surface area (Å²) >= 11 is 1.81. The summed E-state index contributed by atoms with van der Waals surface area (Å²) in [6, 6.07) is 8.05. The van der Waals surface area contributed by atoms with E-state index in [2.05, 4.69) is 29.7 Å². The number of benzene rings is 1. The van der Waals surface area contributed by atoms with Crippen LogP contribution in [-0.4, -0.2) is 24.7 Å². The zero-order valence-corrected chi connectivity index (χ0v) is 10.8. The van der Waals surface area contributed by atoms with Gasteiger partial charge in [-0.3, -0.25) is 4.79 Å². The van der Waals surface area contributed by atoms with Gasteiger partial charge in [0.05, 0.1) is 5.92 Å². The van der Waals surface area contributed by atoms with E-state index in [-0.39, 0.29) is 11.8 Å². The van der Waals surface area contributed by atoms with Crippen LogP contribution < -0.4 is 10.6 Å². The Morgan fingerprint density at radius 1 is 1.47 bits per heavy atom. The van der Waals surface area contributed by atoms with E-state index in [1.54, 1.807) is 11.8 Å². The van der Waals surface area contributed by atoms with Crippen LogP contribution in [0, 0.1) is 5.92 Å². The standard InChI is InChI=1S/C13H18N2OS/c1-2-17-12-5-3-11(4-6-12)15-13(16)10-7-8-14-9-10/h3-6,10,14H,2,7-9H2,1H3,(H,15,16). The van der Waals surface area contributed by atoms with Crippen molar-refractivity contribution in [1.29, 1.82) is 0 Å². The van der Waals surface area contributed by atoms with Gasteiger partial charge in [0.1, 0.15) is 0 Å². The Hall–Kier alpha value is -1.00. The second-order valence-electron chi connectivity index (χ2n) is 4.14. The lowest BCUT2D eigenvalue weighted by Crippen LogP contribution is -2.24. The highest BCUT2D eigenvalue weighted by Gasteiger charge is 2.22. The van der Waals surface area contributed by atoms with E-state index in [0.29, 0.717) is 0 Å². The van der Waals surface area contributed by atoms with E-state index in [1.807, 2.05) is 12.1 Å². The number of nitrogens with one attached hydrogen (secondary N) is 2. The monoisotopic (exact) mass is 250 g/mol. The van der Waals surface area contributed by atoms with E-state index in [4.69, 9.17) is 0 Å². The lowest BCUT2D eigenvalue weighted by atomic mass is 10.1. The molecular formula is C13H18N2OS. The predicted octanol–water partition coefficient (Wildman–Crippen LogP) is 2.35. The molecule has 0 radical (unpaired) electrons. The van der Waals surface area contributed by atoms with Crippen molar-refractivity contribution in [2.24, 2.45) is 5.92 Å². The van der Waals surface area contributed by atoms with Crippen LogP contribution in [0.15, 0.2) is 29.2 Å². The molecule has 92 valence electrons. The van der Waals surface area contributed by atoms with Gasteiger partial charge in [0, 0.05) is 17.1 Å². The van der Waals surface area contributed by atoms with Gasteiger partial charge < -0.3 is 10.6 Å². The summed E-state index contributed by atoms with van der Waals surface area (Å²) in [6.07, 6.45) is 0.940. The lowest BCUT2D eigenvalue weighted by molar-refractivity contribution is -0.119. The SMILES string of the molecule is CCSc1ccc(NC(=O)C2CCNC2)cc1. The molecule has 1 amide bonds. The fraction of sp³-hybridized carbons (Fsp3) is 0.462. The summed E-state index contributed by atoms with van der Waals surface area (Å²) in [5, 5.41) is 6.17. The third-order valence-corrected chi connectivity index (χ3v) is 3.76. The number of hydrogen-bond donors (Lipinski definition) is 2. The van der Waals surface area contributed by atoms with Crippen LogP contribution in [-0.2, 0) is 4.79 Å². The molecule has 1 fully saturated rings. The van der Waals surface area contributed by atoms with Gasteiger partial charge >= 0.3 is 0 Å². The molecule has 1 aromatic rings. The van der Waals surface area contributed by atoms with E-state index in [1.165, 1.54) is 4.90 Å². The maximum atomic E-state index is 11.9. The third kappa shape index (κ3) is 3.48. The minimum absolute atomic E-state index is 0.125. The molecule has 0 aliphatic carbocycles. The van der Waals surface area contributed by atoms with E-state index in [0.717, 1.165) is 31.0 Å². The Balaban J connectivity index is 1.91. The third-order valence-electron chi connectivity index (χ3n) is 2.86. The minimum atomic E-state index is 0.125. The second-order valence-corrected chi connectivity index (χ2v) is 5.47. The molecule has 4 heteroatoms. The maximum absolute atomic E-state index is 11.9. The number of hydrogen-bond acceptors (Lipinski definition) is 3. The minimum Gasteiger partial charge on any atom is -0.326 e. The van der Waals surface area contributed by atoms with Crippen molar-refractivity contribution in [1.82, 2.24) is 5.32 Å². The first-order chi connectivity index (χ1) is 8.29. The first-order valence-electron chi connectivity index (χ1n) is 6.04. The fourth-order valence-electron chi connectivity index (χ4n) is 1.92. The molecule has 2 N–H and O–H groups in total. The number of carbonyl (C=O) groups is 1. The first kappa shape index (κ1) is 12.5. The van der Waals surface area contributed by atoms with Gasteiger partial charge in [0.15, 0.2) is 0 Å². The molecule has 0 bridgehead atoms. The Morgan fingerprint density at radius 2 is 2.24 bits per heavy atom. The summed E-state index contributed by atoms with van der Waals surface area (Å²) in [6.45, 7) is 3.88. The summed E-state index contributed by atoms with van der Waals surface area (Å²) < 4.78 is 0. The van der Waals surface area contributed by atoms with Crippen molar-refractivity contribution in [3.63, 3.8) is 0 Å². The largest absolute Gasteiger partial charge is 0.326 e. The van der Waals surface area contributed by atoms with Crippen LogP contribution in [0.5, 0.6) is 0 Å². The molecule has 1 saturated heterocycles. The fourth-order valence-corrected chi connectivity index (χ4v) is 2.59.